The van der Waals surface area contributed by atoms with Crippen molar-refractivity contribution in [1.82, 2.24) is 4.98 Å². The molecule has 1 aromatic carbocycles. The molecule has 0 saturated carbocycles. The highest BCUT2D eigenvalue weighted by Crippen LogP contribution is 2.35. The van der Waals surface area contributed by atoms with Crippen molar-refractivity contribution in [3.05, 3.63) is 52.8 Å². The molecule has 19 heavy (non-hydrogen) atoms. The lowest BCUT2D eigenvalue weighted by Gasteiger charge is -2.22. The number of pyridine rings is 1. The van der Waals surface area contributed by atoms with Gasteiger partial charge in [0.15, 0.2) is 0 Å². The maximum Gasteiger partial charge on any atom is 0.134 e. The van der Waals surface area contributed by atoms with E-state index in [0.717, 1.165) is 17.1 Å². The van der Waals surface area contributed by atoms with Crippen molar-refractivity contribution >= 4 is 11.6 Å². The molecule has 0 unspecified atom stereocenters. The van der Waals surface area contributed by atoms with Crippen LogP contribution in [0.15, 0.2) is 36.5 Å². The van der Waals surface area contributed by atoms with E-state index >= 15 is 0 Å². The maximum absolute atomic E-state index is 6.02. The van der Waals surface area contributed by atoms with Crippen LogP contribution in [0.5, 0.6) is 11.5 Å². The van der Waals surface area contributed by atoms with Crippen LogP contribution in [0.2, 0.25) is 5.15 Å². The third kappa shape index (κ3) is 3.27. The van der Waals surface area contributed by atoms with Gasteiger partial charge in [-0.25, -0.2) is 4.98 Å². The molecule has 0 fully saturated rings. The van der Waals surface area contributed by atoms with Gasteiger partial charge in [0, 0.05) is 23.4 Å². The minimum Gasteiger partial charge on any atom is -0.457 e. The van der Waals surface area contributed by atoms with Crippen molar-refractivity contribution in [3.63, 3.8) is 0 Å². The number of aromatic nitrogens is 1. The summed E-state index contributed by atoms with van der Waals surface area (Å²) in [5, 5.41) is 0.439. The van der Waals surface area contributed by atoms with E-state index in [4.69, 9.17) is 16.3 Å². The number of benzene rings is 1. The summed E-state index contributed by atoms with van der Waals surface area (Å²) in [5.74, 6) is 1.61. The number of ether oxygens (including phenoxy) is 1. The van der Waals surface area contributed by atoms with E-state index in [2.05, 4.69) is 31.8 Å². The summed E-state index contributed by atoms with van der Waals surface area (Å²) < 4.78 is 6.02. The third-order valence-electron chi connectivity index (χ3n) is 2.94. The van der Waals surface area contributed by atoms with Crippen molar-refractivity contribution in [1.29, 1.82) is 0 Å². The zero-order valence-electron chi connectivity index (χ0n) is 11.7. The summed E-state index contributed by atoms with van der Waals surface area (Å²) in [6, 6.07) is 9.82. The third-order valence-corrected chi connectivity index (χ3v) is 3.14. The minimum atomic E-state index is 0.0291. The fourth-order valence-corrected chi connectivity index (χ4v) is 2.03. The van der Waals surface area contributed by atoms with Crippen LogP contribution < -0.4 is 4.74 Å². The van der Waals surface area contributed by atoms with Crippen molar-refractivity contribution in [2.45, 2.75) is 33.1 Å². The van der Waals surface area contributed by atoms with E-state index in [1.165, 1.54) is 5.56 Å². The molecular weight excluding hydrogens is 258 g/mol. The van der Waals surface area contributed by atoms with Crippen LogP contribution in [0.1, 0.15) is 31.9 Å². The van der Waals surface area contributed by atoms with Gasteiger partial charge in [-0.3, -0.25) is 0 Å². The van der Waals surface area contributed by atoms with Crippen LogP contribution in [0.25, 0.3) is 0 Å². The maximum atomic E-state index is 6.02. The molecule has 1 heterocycles. The van der Waals surface area contributed by atoms with E-state index in [9.17, 15) is 0 Å². The van der Waals surface area contributed by atoms with Crippen LogP contribution in [-0.4, -0.2) is 4.98 Å². The zero-order valence-corrected chi connectivity index (χ0v) is 12.5. The molecule has 0 atom stereocenters. The second-order valence-electron chi connectivity index (χ2n) is 5.62. The SMILES string of the molecule is Cc1cnc(Cl)cc1Oc1ccccc1C(C)(C)C. The molecule has 0 bridgehead atoms. The van der Waals surface area contributed by atoms with Crippen LogP contribution in [0, 0.1) is 6.92 Å². The van der Waals surface area contributed by atoms with Crippen molar-refractivity contribution in [2.24, 2.45) is 0 Å². The molecule has 0 N–H and O–H groups in total. The average Bonchev–Trinajstić information content (AvgIpc) is 2.33. The molecule has 0 radical (unpaired) electrons. The van der Waals surface area contributed by atoms with Gasteiger partial charge in [-0.05, 0) is 18.4 Å². The second kappa shape index (κ2) is 5.22. The topological polar surface area (TPSA) is 22.1 Å². The number of aryl methyl sites for hydroxylation is 1. The Morgan fingerprint density at radius 3 is 2.47 bits per heavy atom. The largest absolute Gasteiger partial charge is 0.457 e. The molecule has 2 aromatic rings. The predicted molar refractivity (Wildman–Crippen MR) is 79.2 cm³/mol. The Balaban J connectivity index is 2.41. The Hall–Kier alpha value is -1.54. The van der Waals surface area contributed by atoms with E-state index in [1.807, 2.05) is 25.1 Å². The van der Waals surface area contributed by atoms with Gasteiger partial charge < -0.3 is 4.74 Å². The lowest BCUT2D eigenvalue weighted by Crippen LogP contribution is -2.12. The fourth-order valence-electron chi connectivity index (χ4n) is 1.89. The van der Waals surface area contributed by atoms with Gasteiger partial charge >= 0.3 is 0 Å². The first kappa shape index (κ1) is 13.9. The number of nitrogens with zero attached hydrogens (tertiary/aromatic N) is 1. The summed E-state index contributed by atoms with van der Waals surface area (Å²) >= 11 is 5.92. The summed E-state index contributed by atoms with van der Waals surface area (Å²) in [7, 11) is 0. The van der Waals surface area contributed by atoms with Crippen LogP contribution >= 0.6 is 11.6 Å². The molecule has 0 aliphatic heterocycles. The van der Waals surface area contributed by atoms with E-state index < -0.39 is 0 Å². The van der Waals surface area contributed by atoms with Crippen LogP contribution in [0.4, 0.5) is 0 Å². The Morgan fingerprint density at radius 1 is 1.11 bits per heavy atom. The van der Waals surface area contributed by atoms with Gasteiger partial charge in [0.1, 0.15) is 16.7 Å². The number of hydrogen-bond acceptors (Lipinski definition) is 2. The highest BCUT2D eigenvalue weighted by atomic mass is 35.5. The van der Waals surface area contributed by atoms with Gasteiger partial charge in [0.25, 0.3) is 0 Å². The van der Waals surface area contributed by atoms with E-state index in [1.54, 1.807) is 12.3 Å². The molecule has 0 aliphatic rings. The highest BCUT2D eigenvalue weighted by Gasteiger charge is 2.19. The second-order valence-corrected chi connectivity index (χ2v) is 6.01. The molecule has 0 spiro atoms. The lowest BCUT2D eigenvalue weighted by molar-refractivity contribution is 0.452. The van der Waals surface area contributed by atoms with Crippen LogP contribution in [0.3, 0.4) is 0 Å². The quantitative estimate of drug-likeness (QED) is 0.709. The molecule has 3 heteroatoms. The summed E-state index contributed by atoms with van der Waals surface area (Å²) in [6.45, 7) is 8.46. The molecule has 0 saturated heterocycles. The number of para-hydroxylation sites is 1. The standard InChI is InChI=1S/C16H18ClNO/c1-11-10-18-15(17)9-14(11)19-13-8-6-5-7-12(13)16(2,3)4/h5-10H,1-4H3. The first-order valence-corrected chi connectivity index (χ1v) is 6.65. The van der Waals surface area contributed by atoms with Crippen LogP contribution in [-0.2, 0) is 5.41 Å². The number of hydrogen-bond donors (Lipinski definition) is 0. The molecule has 0 aliphatic carbocycles. The van der Waals surface area contributed by atoms with Gasteiger partial charge in [0.2, 0.25) is 0 Å². The normalized spacial score (nSPS) is 11.4. The molecule has 2 rings (SSSR count). The average molecular weight is 276 g/mol. The van der Waals surface area contributed by atoms with Crippen molar-refractivity contribution < 1.29 is 4.74 Å². The number of halogens is 1. The predicted octanol–water partition coefficient (Wildman–Crippen LogP) is 5.13. The van der Waals surface area contributed by atoms with Gasteiger partial charge in [-0.15, -0.1) is 0 Å². The molecule has 1 aromatic heterocycles. The smallest absolute Gasteiger partial charge is 0.134 e. The highest BCUT2D eigenvalue weighted by molar-refractivity contribution is 6.29. The van der Waals surface area contributed by atoms with E-state index in [-0.39, 0.29) is 5.41 Å². The fraction of sp³-hybridized carbons (Fsp3) is 0.312. The lowest BCUT2D eigenvalue weighted by atomic mass is 9.86. The Labute approximate surface area is 119 Å². The first-order chi connectivity index (χ1) is 8.88. The summed E-state index contributed by atoms with van der Waals surface area (Å²) in [5.41, 5.74) is 2.16. The molecular formula is C16H18ClNO. The van der Waals surface area contributed by atoms with Crippen molar-refractivity contribution in [2.75, 3.05) is 0 Å². The van der Waals surface area contributed by atoms with Gasteiger partial charge in [0.05, 0.1) is 0 Å². The molecule has 100 valence electrons. The Morgan fingerprint density at radius 2 is 1.79 bits per heavy atom. The first-order valence-electron chi connectivity index (χ1n) is 6.27. The Bertz CT molecular complexity index is 588. The van der Waals surface area contributed by atoms with E-state index in [0.29, 0.717) is 5.15 Å². The Kier molecular flexibility index (Phi) is 3.81. The van der Waals surface area contributed by atoms with Gasteiger partial charge in [-0.2, -0.15) is 0 Å². The van der Waals surface area contributed by atoms with Crippen molar-refractivity contribution in [3.8, 4) is 11.5 Å². The monoisotopic (exact) mass is 275 g/mol. The minimum absolute atomic E-state index is 0.0291. The summed E-state index contributed by atoms with van der Waals surface area (Å²) in [6.07, 6.45) is 1.72. The van der Waals surface area contributed by atoms with Gasteiger partial charge in [-0.1, -0.05) is 50.6 Å². The molecule has 2 nitrogen and oxygen atoms in total. The molecule has 0 amide bonds. The number of rotatable bonds is 2. The summed E-state index contributed by atoms with van der Waals surface area (Å²) in [4.78, 5) is 4.04. The zero-order chi connectivity index (χ0) is 14.0.